The zero-order chi connectivity index (χ0) is 23.9. The molecule has 1 amide bonds. The van der Waals surface area contributed by atoms with E-state index in [1.54, 1.807) is 20.0 Å². The van der Waals surface area contributed by atoms with Crippen molar-refractivity contribution in [3.8, 4) is 22.8 Å². The fourth-order valence-electron chi connectivity index (χ4n) is 3.31. The number of para-hydroxylation sites is 1. The summed E-state index contributed by atoms with van der Waals surface area (Å²) in [6, 6.07) is 9.74. The molecular formula is C22H17ClF2N4O4. The fraction of sp³-hybridized carbons (Fsp3) is 0.136. The molecule has 0 aliphatic heterocycles. The number of nitrogens with one attached hydrogen (secondary N) is 1. The smallest absolute Gasteiger partial charge is 0.295 e. The molecule has 8 nitrogen and oxygen atoms in total. The maximum absolute atomic E-state index is 14.4. The van der Waals surface area contributed by atoms with Gasteiger partial charge in [0.25, 0.3) is 11.5 Å². The number of ether oxygens (including phenoxy) is 1. The number of halogens is 3. The van der Waals surface area contributed by atoms with Crippen LogP contribution >= 0.6 is 11.6 Å². The molecule has 0 spiro atoms. The summed E-state index contributed by atoms with van der Waals surface area (Å²) >= 11 is 6.25. The van der Waals surface area contributed by atoms with Crippen molar-refractivity contribution in [2.75, 3.05) is 12.4 Å². The Bertz CT molecular complexity index is 1440. The van der Waals surface area contributed by atoms with Gasteiger partial charge < -0.3 is 14.6 Å². The van der Waals surface area contributed by atoms with Gasteiger partial charge in [0.2, 0.25) is 0 Å². The van der Waals surface area contributed by atoms with Gasteiger partial charge in [0.15, 0.2) is 11.5 Å². The molecule has 0 bridgehead atoms. The molecule has 0 radical (unpaired) electrons. The third-order valence-electron chi connectivity index (χ3n) is 5.14. The van der Waals surface area contributed by atoms with Gasteiger partial charge in [-0.25, -0.2) is 13.5 Å². The molecule has 2 heterocycles. The Labute approximate surface area is 190 Å². The second-order valence-corrected chi connectivity index (χ2v) is 7.40. The molecule has 0 fully saturated rings. The highest BCUT2D eigenvalue weighted by molar-refractivity contribution is 6.36. The van der Waals surface area contributed by atoms with E-state index in [2.05, 4.69) is 10.5 Å². The number of anilines is 1. The molecule has 0 saturated carbocycles. The summed E-state index contributed by atoms with van der Waals surface area (Å²) in [7, 11) is 2.94. The number of carbonyl (C=O) groups excluding carboxylic acids is 1. The lowest BCUT2D eigenvalue weighted by Crippen LogP contribution is -2.23. The van der Waals surface area contributed by atoms with E-state index < -0.39 is 23.1 Å². The molecule has 0 saturated heterocycles. The average Bonchev–Trinajstić information content (AvgIpc) is 3.27. The van der Waals surface area contributed by atoms with Gasteiger partial charge in [-0.3, -0.25) is 14.3 Å². The number of benzene rings is 2. The number of hydrogen-bond acceptors (Lipinski definition) is 5. The van der Waals surface area contributed by atoms with E-state index in [-0.39, 0.29) is 39.2 Å². The van der Waals surface area contributed by atoms with Crippen molar-refractivity contribution >= 4 is 23.2 Å². The van der Waals surface area contributed by atoms with Crippen LogP contribution in [0.25, 0.3) is 17.0 Å². The standard InChI is InChI=1S/C22H17ClF2N4O4/c1-11-18(22(31)29(28(11)2)16-7-5-4-6-14(16)24)26-21(30)19-17(23)20(33-27-19)13-9-8-12(32-3)10-15(13)25/h4-10H,1-3H3,(H,26,30). The van der Waals surface area contributed by atoms with Crippen molar-refractivity contribution in [3.63, 3.8) is 0 Å². The molecule has 0 atom stereocenters. The third-order valence-corrected chi connectivity index (χ3v) is 5.49. The number of hydrogen-bond donors (Lipinski definition) is 1. The van der Waals surface area contributed by atoms with Crippen LogP contribution in [0.3, 0.4) is 0 Å². The number of nitrogens with zero attached hydrogens (tertiary/aromatic N) is 3. The summed E-state index contributed by atoms with van der Waals surface area (Å²) in [6.45, 7) is 1.58. The van der Waals surface area contributed by atoms with E-state index in [1.165, 1.54) is 42.1 Å². The van der Waals surface area contributed by atoms with Gasteiger partial charge in [0.1, 0.15) is 33.8 Å². The summed E-state index contributed by atoms with van der Waals surface area (Å²) in [6.07, 6.45) is 0. The van der Waals surface area contributed by atoms with Crippen molar-refractivity contribution in [1.29, 1.82) is 0 Å². The molecule has 11 heteroatoms. The monoisotopic (exact) mass is 474 g/mol. The summed E-state index contributed by atoms with van der Waals surface area (Å²) in [5.41, 5.74) is -0.744. The first-order chi connectivity index (χ1) is 15.7. The van der Waals surface area contributed by atoms with Gasteiger partial charge in [-0.1, -0.05) is 28.9 Å². The Morgan fingerprint density at radius 2 is 1.91 bits per heavy atom. The summed E-state index contributed by atoms with van der Waals surface area (Å²) in [4.78, 5) is 25.8. The van der Waals surface area contributed by atoms with Crippen LogP contribution in [0.15, 0.2) is 51.8 Å². The minimum absolute atomic E-state index is 0.0188. The van der Waals surface area contributed by atoms with Gasteiger partial charge in [-0.05, 0) is 31.2 Å². The molecule has 4 rings (SSSR count). The van der Waals surface area contributed by atoms with E-state index in [1.807, 2.05) is 0 Å². The number of methoxy groups -OCH3 is 1. The summed E-state index contributed by atoms with van der Waals surface area (Å²) in [5, 5.41) is 5.85. The van der Waals surface area contributed by atoms with E-state index >= 15 is 0 Å². The van der Waals surface area contributed by atoms with E-state index in [0.29, 0.717) is 5.69 Å². The first-order valence-electron chi connectivity index (χ1n) is 9.58. The molecular weight excluding hydrogens is 458 g/mol. The van der Waals surface area contributed by atoms with Crippen LogP contribution in [0.2, 0.25) is 5.02 Å². The lowest BCUT2D eigenvalue weighted by Gasteiger charge is -2.08. The van der Waals surface area contributed by atoms with Crippen LogP contribution in [-0.4, -0.2) is 27.5 Å². The lowest BCUT2D eigenvalue weighted by atomic mass is 10.1. The lowest BCUT2D eigenvalue weighted by molar-refractivity contribution is 0.101. The molecule has 0 aliphatic carbocycles. The maximum Gasteiger partial charge on any atom is 0.295 e. The Kier molecular flexibility index (Phi) is 5.77. The summed E-state index contributed by atoms with van der Waals surface area (Å²) in [5.74, 6) is -2.02. The van der Waals surface area contributed by atoms with Crippen molar-refractivity contribution in [3.05, 3.63) is 80.9 Å². The Balaban J connectivity index is 1.69. The van der Waals surface area contributed by atoms with Crippen molar-refractivity contribution < 1.29 is 22.8 Å². The van der Waals surface area contributed by atoms with Crippen LogP contribution in [0.4, 0.5) is 14.5 Å². The van der Waals surface area contributed by atoms with Crippen LogP contribution in [0.5, 0.6) is 5.75 Å². The highest BCUT2D eigenvalue weighted by Gasteiger charge is 2.26. The molecule has 2 aromatic carbocycles. The zero-order valence-electron chi connectivity index (χ0n) is 17.6. The molecule has 1 N–H and O–H groups in total. The Morgan fingerprint density at radius 1 is 1.18 bits per heavy atom. The van der Waals surface area contributed by atoms with E-state index in [0.717, 1.165) is 10.7 Å². The Morgan fingerprint density at radius 3 is 2.58 bits per heavy atom. The largest absolute Gasteiger partial charge is 0.497 e. The number of carbonyl (C=O) groups is 1. The first kappa shape index (κ1) is 22.3. The maximum atomic E-state index is 14.4. The number of rotatable bonds is 5. The number of aromatic nitrogens is 3. The van der Waals surface area contributed by atoms with Gasteiger partial charge in [0.05, 0.1) is 18.4 Å². The zero-order valence-corrected chi connectivity index (χ0v) is 18.4. The normalized spacial score (nSPS) is 11.0. The molecule has 4 aromatic rings. The average molecular weight is 475 g/mol. The predicted molar refractivity (Wildman–Crippen MR) is 117 cm³/mol. The van der Waals surface area contributed by atoms with Gasteiger partial charge in [0, 0.05) is 13.1 Å². The number of amides is 1. The van der Waals surface area contributed by atoms with Crippen LogP contribution < -0.4 is 15.6 Å². The minimum Gasteiger partial charge on any atom is -0.497 e. The van der Waals surface area contributed by atoms with Crippen molar-refractivity contribution in [1.82, 2.24) is 14.5 Å². The van der Waals surface area contributed by atoms with Crippen molar-refractivity contribution in [2.45, 2.75) is 6.92 Å². The first-order valence-corrected chi connectivity index (χ1v) is 9.96. The van der Waals surface area contributed by atoms with Crippen LogP contribution in [0.1, 0.15) is 16.2 Å². The predicted octanol–water partition coefficient (Wildman–Crippen LogP) is 4.33. The highest BCUT2D eigenvalue weighted by Crippen LogP contribution is 2.34. The van der Waals surface area contributed by atoms with Gasteiger partial charge in [-0.2, -0.15) is 0 Å². The minimum atomic E-state index is -0.851. The summed E-state index contributed by atoms with van der Waals surface area (Å²) < 4.78 is 41.2. The van der Waals surface area contributed by atoms with Crippen LogP contribution in [0, 0.1) is 18.6 Å². The van der Waals surface area contributed by atoms with Gasteiger partial charge >= 0.3 is 0 Å². The van der Waals surface area contributed by atoms with E-state index in [9.17, 15) is 18.4 Å². The SMILES string of the molecule is COc1ccc(-c2onc(C(=O)Nc3c(C)n(C)n(-c4ccccc4F)c3=O)c2Cl)c(F)c1. The highest BCUT2D eigenvalue weighted by atomic mass is 35.5. The molecule has 2 aromatic heterocycles. The second kappa shape index (κ2) is 8.55. The second-order valence-electron chi connectivity index (χ2n) is 7.03. The molecule has 0 unspecified atom stereocenters. The Hall–Kier alpha value is -3.92. The molecule has 170 valence electrons. The third kappa shape index (κ3) is 3.78. The fourth-order valence-corrected chi connectivity index (χ4v) is 3.57. The molecule has 33 heavy (non-hydrogen) atoms. The quantitative estimate of drug-likeness (QED) is 0.465. The van der Waals surface area contributed by atoms with Crippen molar-refractivity contribution in [2.24, 2.45) is 7.05 Å². The molecule has 0 aliphatic rings. The van der Waals surface area contributed by atoms with E-state index in [4.69, 9.17) is 20.9 Å². The topological polar surface area (TPSA) is 91.3 Å². The van der Waals surface area contributed by atoms with Crippen LogP contribution in [-0.2, 0) is 7.05 Å². The van der Waals surface area contributed by atoms with Gasteiger partial charge in [-0.15, -0.1) is 0 Å².